The first-order valence-electron chi connectivity index (χ1n) is 2.51. The third-order valence-corrected chi connectivity index (χ3v) is 0.913. The van der Waals surface area contributed by atoms with Gasteiger partial charge in [0.05, 0.1) is 6.21 Å². The number of nitrogens with zero attached hydrogens (tertiary/aromatic N) is 2. The van der Waals surface area contributed by atoms with Gasteiger partial charge in [0, 0.05) is 12.4 Å². The minimum Gasteiger partial charge on any atom is -0.411 e. The summed E-state index contributed by atoms with van der Waals surface area (Å²) in [5, 5.41) is 10.9. The van der Waals surface area contributed by atoms with E-state index < -0.39 is 0 Å². The largest absolute Gasteiger partial charge is 0.411 e. The van der Waals surface area contributed by atoms with Crippen LogP contribution in [0.15, 0.2) is 29.7 Å². The van der Waals surface area contributed by atoms with Crippen molar-refractivity contribution in [3.05, 3.63) is 30.1 Å². The summed E-state index contributed by atoms with van der Waals surface area (Å²) in [6.45, 7) is 0. The molecule has 0 atom stereocenters. The fraction of sp³-hybridized carbons (Fsp3) is 0. The number of hydrogen-bond donors (Lipinski definition) is 1. The molecule has 0 unspecified atom stereocenters. The Bertz CT molecular complexity index is 195. The minimum atomic E-state index is 0.840. The van der Waals surface area contributed by atoms with Gasteiger partial charge in [-0.1, -0.05) is 5.16 Å². The van der Waals surface area contributed by atoms with Crippen LogP contribution in [0.25, 0.3) is 0 Å². The molecule has 46 valence electrons. The SMILES string of the molecule is O/N=C\c1ccncc1. The average Bonchev–Trinajstić information content (AvgIpc) is 1.91. The molecule has 0 amide bonds. The van der Waals surface area contributed by atoms with Crippen molar-refractivity contribution in [2.45, 2.75) is 0 Å². The maximum atomic E-state index is 8.07. The van der Waals surface area contributed by atoms with Crippen LogP contribution >= 0.6 is 0 Å². The average molecular weight is 122 g/mol. The molecule has 0 saturated carbocycles. The van der Waals surface area contributed by atoms with E-state index in [2.05, 4.69) is 10.1 Å². The van der Waals surface area contributed by atoms with Crippen LogP contribution in [0.3, 0.4) is 0 Å². The van der Waals surface area contributed by atoms with E-state index in [9.17, 15) is 0 Å². The van der Waals surface area contributed by atoms with Crippen LogP contribution in [0, 0.1) is 0 Å². The van der Waals surface area contributed by atoms with Gasteiger partial charge in [-0.15, -0.1) is 0 Å². The molecule has 9 heavy (non-hydrogen) atoms. The lowest BCUT2D eigenvalue weighted by Gasteiger charge is -1.84. The van der Waals surface area contributed by atoms with Crippen LogP contribution in [0.2, 0.25) is 0 Å². The predicted molar refractivity (Wildman–Crippen MR) is 33.6 cm³/mol. The normalized spacial score (nSPS) is 10.2. The highest BCUT2D eigenvalue weighted by atomic mass is 16.4. The van der Waals surface area contributed by atoms with E-state index in [1.807, 2.05) is 0 Å². The Labute approximate surface area is 52.7 Å². The zero-order valence-corrected chi connectivity index (χ0v) is 4.73. The standard InChI is InChI=1S/C6H6N2O/c9-8-5-6-1-3-7-4-2-6/h1-5,9H/b8-5-. The van der Waals surface area contributed by atoms with Gasteiger partial charge in [0.1, 0.15) is 0 Å². The molecule has 1 N–H and O–H groups in total. The Hall–Kier alpha value is -1.38. The second-order valence-corrected chi connectivity index (χ2v) is 1.53. The summed E-state index contributed by atoms with van der Waals surface area (Å²) in [5.74, 6) is 0. The van der Waals surface area contributed by atoms with Crippen molar-refractivity contribution < 1.29 is 5.21 Å². The van der Waals surface area contributed by atoms with E-state index in [1.165, 1.54) is 6.21 Å². The van der Waals surface area contributed by atoms with Crippen molar-refractivity contribution in [3.63, 3.8) is 0 Å². The number of pyridine rings is 1. The maximum Gasteiger partial charge on any atom is 0.0734 e. The van der Waals surface area contributed by atoms with Gasteiger partial charge < -0.3 is 5.21 Å². The first-order chi connectivity index (χ1) is 4.43. The number of hydrogen-bond acceptors (Lipinski definition) is 3. The lowest BCUT2D eigenvalue weighted by Crippen LogP contribution is -1.78. The molecular weight excluding hydrogens is 116 g/mol. The summed E-state index contributed by atoms with van der Waals surface area (Å²) in [4.78, 5) is 3.78. The first kappa shape index (κ1) is 5.75. The highest BCUT2D eigenvalue weighted by Gasteiger charge is 1.80. The van der Waals surface area contributed by atoms with Gasteiger partial charge in [0.15, 0.2) is 0 Å². The van der Waals surface area contributed by atoms with Gasteiger partial charge in [0.25, 0.3) is 0 Å². The zero-order valence-electron chi connectivity index (χ0n) is 4.73. The smallest absolute Gasteiger partial charge is 0.0734 e. The Morgan fingerprint density at radius 3 is 2.67 bits per heavy atom. The molecule has 0 spiro atoms. The molecule has 0 radical (unpaired) electrons. The summed E-state index contributed by atoms with van der Waals surface area (Å²) >= 11 is 0. The molecule has 3 nitrogen and oxygen atoms in total. The molecule has 0 bridgehead atoms. The Balaban J connectivity index is 2.85. The molecule has 3 heteroatoms. The monoisotopic (exact) mass is 122 g/mol. The zero-order chi connectivity index (χ0) is 6.53. The van der Waals surface area contributed by atoms with E-state index in [1.54, 1.807) is 24.5 Å². The summed E-state index contributed by atoms with van der Waals surface area (Å²) in [6, 6.07) is 3.50. The number of aromatic nitrogens is 1. The van der Waals surface area contributed by atoms with Crippen LogP contribution < -0.4 is 0 Å². The molecule has 1 aromatic rings. The van der Waals surface area contributed by atoms with E-state index in [-0.39, 0.29) is 0 Å². The quantitative estimate of drug-likeness (QED) is 0.341. The second-order valence-electron chi connectivity index (χ2n) is 1.53. The van der Waals surface area contributed by atoms with E-state index in [0.717, 1.165) is 5.56 Å². The Morgan fingerprint density at radius 1 is 1.44 bits per heavy atom. The summed E-state index contributed by atoms with van der Waals surface area (Å²) in [5.41, 5.74) is 0.840. The van der Waals surface area contributed by atoms with Gasteiger partial charge in [-0.25, -0.2) is 0 Å². The summed E-state index contributed by atoms with van der Waals surface area (Å²) in [6.07, 6.45) is 4.62. The molecule has 0 aliphatic heterocycles. The van der Waals surface area contributed by atoms with Crippen molar-refractivity contribution in [2.75, 3.05) is 0 Å². The van der Waals surface area contributed by atoms with Crippen LogP contribution in [-0.2, 0) is 0 Å². The van der Waals surface area contributed by atoms with Gasteiger partial charge in [-0.05, 0) is 17.7 Å². The molecule has 0 saturated heterocycles. The Kier molecular flexibility index (Phi) is 1.80. The molecule has 0 fully saturated rings. The minimum absolute atomic E-state index is 0.840. The molecule has 1 heterocycles. The van der Waals surface area contributed by atoms with Crippen molar-refractivity contribution in [1.29, 1.82) is 0 Å². The van der Waals surface area contributed by atoms with E-state index >= 15 is 0 Å². The summed E-state index contributed by atoms with van der Waals surface area (Å²) in [7, 11) is 0. The fourth-order valence-electron chi connectivity index (χ4n) is 0.516. The van der Waals surface area contributed by atoms with Crippen molar-refractivity contribution in [2.24, 2.45) is 5.16 Å². The number of rotatable bonds is 1. The van der Waals surface area contributed by atoms with Crippen molar-refractivity contribution in [1.82, 2.24) is 4.98 Å². The highest BCUT2D eigenvalue weighted by Crippen LogP contribution is 1.89. The van der Waals surface area contributed by atoms with E-state index in [0.29, 0.717) is 0 Å². The van der Waals surface area contributed by atoms with Crippen LogP contribution in [0.5, 0.6) is 0 Å². The molecule has 1 rings (SSSR count). The van der Waals surface area contributed by atoms with Gasteiger partial charge in [-0.3, -0.25) is 4.98 Å². The first-order valence-corrected chi connectivity index (χ1v) is 2.51. The van der Waals surface area contributed by atoms with Crippen molar-refractivity contribution in [3.8, 4) is 0 Å². The van der Waals surface area contributed by atoms with Crippen LogP contribution in [0.1, 0.15) is 5.56 Å². The fourth-order valence-corrected chi connectivity index (χ4v) is 0.516. The second kappa shape index (κ2) is 2.81. The van der Waals surface area contributed by atoms with Crippen LogP contribution in [-0.4, -0.2) is 16.4 Å². The van der Waals surface area contributed by atoms with E-state index in [4.69, 9.17) is 5.21 Å². The Morgan fingerprint density at radius 2 is 2.11 bits per heavy atom. The number of oxime groups is 1. The van der Waals surface area contributed by atoms with Crippen molar-refractivity contribution >= 4 is 6.21 Å². The molecular formula is C6H6N2O. The topological polar surface area (TPSA) is 45.5 Å². The molecule has 0 aliphatic carbocycles. The van der Waals surface area contributed by atoms with Crippen LogP contribution in [0.4, 0.5) is 0 Å². The molecule has 0 aliphatic rings. The molecule has 0 aromatic carbocycles. The third kappa shape index (κ3) is 1.53. The lowest BCUT2D eigenvalue weighted by molar-refractivity contribution is 0.322. The predicted octanol–water partition coefficient (Wildman–Crippen LogP) is 0.890. The third-order valence-electron chi connectivity index (χ3n) is 0.913. The van der Waals surface area contributed by atoms with Gasteiger partial charge >= 0.3 is 0 Å². The molecule has 1 aromatic heterocycles. The highest BCUT2D eigenvalue weighted by molar-refractivity contribution is 5.78. The summed E-state index contributed by atoms with van der Waals surface area (Å²) < 4.78 is 0. The lowest BCUT2D eigenvalue weighted by atomic mass is 10.3. The van der Waals surface area contributed by atoms with Gasteiger partial charge in [-0.2, -0.15) is 0 Å². The maximum absolute atomic E-state index is 8.07. The van der Waals surface area contributed by atoms with Gasteiger partial charge in [0.2, 0.25) is 0 Å².